The van der Waals surface area contributed by atoms with E-state index in [4.69, 9.17) is 9.47 Å². The smallest absolute Gasteiger partial charge is 0.226 e. The lowest BCUT2D eigenvalue weighted by atomic mass is 9.79. The summed E-state index contributed by atoms with van der Waals surface area (Å²) < 4.78 is 23.9. The van der Waals surface area contributed by atoms with E-state index < -0.39 is 6.17 Å². The summed E-state index contributed by atoms with van der Waals surface area (Å²) in [6.07, 6.45) is 2.09. The van der Waals surface area contributed by atoms with E-state index >= 15 is 0 Å². The predicted molar refractivity (Wildman–Crippen MR) is 62.9 cm³/mol. The molecule has 3 fully saturated rings. The average molecular weight is 257 g/mol. The van der Waals surface area contributed by atoms with Crippen LogP contribution in [0.15, 0.2) is 0 Å². The zero-order chi connectivity index (χ0) is 12.8. The second kappa shape index (κ2) is 4.46. The number of nitrogens with zero attached hydrogens (tertiary/aromatic N) is 1. The van der Waals surface area contributed by atoms with Gasteiger partial charge in [-0.3, -0.25) is 4.79 Å². The van der Waals surface area contributed by atoms with Gasteiger partial charge >= 0.3 is 0 Å². The SMILES string of the molecule is CO[C@H]1CCOC2(C1)CN(C(=O)C1CC(F)C1)C2. The molecule has 0 N–H and O–H groups in total. The second-order valence-corrected chi connectivity index (χ2v) is 5.84. The predicted octanol–water partition coefficient (Wildman–Crippen LogP) is 1.14. The molecule has 0 aromatic carbocycles. The molecule has 0 unspecified atom stereocenters. The van der Waals surface area contributed by atoms with Crippen LogP contribution in [0.4, 0.5) is 4.39 Å². The number of hydrogen-bond acceptors (Lipinski definition) is 3. The van der Waals surface area contributed by atoms with E-state index in [9.17, 15) is 9.18 Å². The van der Waals surface area contributed by atoms with Crippen molar-refractivity contribution in [3.63, 3.8) is 0 Å². The molecule has 3 rings (SSSR count). The Morgan fingerprint density at radius 2 is 2.17 bits per heavy atom. The Bertz CT molecular complexity index is 337. The molecule has 2 saturated heterocycles. The molecular formula is C13H20FNO3. The lowest BCUT2D eigenvalue weighted by Gasteiger charge is -2.54. The maximum atomic E-state index is 12.7. The maximum absolute atomic E-state index is 12.7. The van der Waals surface area contributed by atoms with Crippen molar-refractivity contribution in [2.75, 3.05) is 26.8 Å². The lowest BCUT2D eigenvalue weighted by Crippen LogP contribution is -2.68. The number of halogens is 1. The first-order valence-electron chi connectivity index (χ1n) is 6.71. The van der Waals surface area contributed by atoms with Gasteiger partial charge in [-0.1, -0.05) is 0 Å². The van der Waals surface area contributed by atoms with Gasteiger partial charge in [0.15, 0.2) is 0 Å². The van der Waals surface area contributed by atoms with E-state index in [0.717, 1.165) is 12.8 Å². The average Bonchev–Trinajstić information content (AvgIpc) is 2.31. The molecule has 1 atom stereocenters. The molecule has 1 amide bonds. The van der Waals surface area contributed by atoms with Gasteiger partial charge in [0.1, 0.15) is 11.8 Å². The van der Waals surface area contributed by atoms with E-state index in [1.165, 1.54) is 0 Å². The quantitative estimate of drug-likeness (QED) is 0.744. The largest absolute Gasteiger partial charge is 0.381 e. The number of alkyl halides is 1. The highest BCUT2D eigenvalue weighted by molar-refractivity contribution is 5.81. The van der Waals surface area contributed by atoms with Crippen LogP contribution in [0.2, 0.25) is 0 Å². The highest BCUT2D eigenvalue weighted by Gasteiger charge is 2.51. The van der Waals surface area contributed by atoms with E-state index in [1.54, 1.807) is 7.11 Å². The van der Waals surface area contributed by atoms with Gasteiger partial charge in [0.05, 0.1) is 19.2 Å². The minimum atomic E-state index is -0.766. The van der Waals surface area contributed by atoms with Crippen LogP contribution in [0, 0.1) is 5.92 Å². The first-order valence-corrected chi connectivity index (χ1v) is 6.71. The Kier molecular flexibility index (Phi) is 3.06. The Balaban J connectivity index is 1.51. The standard InChI is InChI=1S/C13H20FNO3/c1-17-11-2-3-18-13(6-11)7-15(8-13)12(16)9-4-10(14)5-9/h9-11H,2-8H2,1H3/t9?,10?,11-/m0/s1. The fourth-order valence-corrected chi connectivity index (χ4v) is 3.22. The molecule has 3 aliphatic rings. The fourth-order valence-electron chi connectivity index (χ4n) is 3.22. The number of rotatable bonds is 2. The molecule has 2 heterocycles. The fraction of sp³-hybridized carbons (Fsp3) is 0.923. The van der Waals surface area contributed by atoms with Crippen LogP contribution in [0.25, 0.3) is 0 Å². The summed E-state index contributed by atoms with van der Waals surface area (Å²) in [5, 5.41) is 0. The molecule has 1 saturated carbocycles. The highest BCUT2D eigenvalue weighted by atomic mass is 19.1. The molecule has 0 bridgehead atoms. The minimum absolute atomic E-state index is 0.0841. The summed E-state index contributed by atoms with van der Waals surface area (Å²) in [5.41, 5.74) is -0.187. The number of amides is 1. The van der Waals surface area contributed by atoms with Crippen LogP contribution in [0.5, 0.6) is 0 Å². The van der Waals surface area contributed by atoms with Crippen LogP contribution in [0.3, 0.4) is 0 Å². The third-order valence-corrected chi connectivity index (χ3v) is 4.48. The Labute approximate surface area is 106 Å². The van der Waals surface area contributed by atoms with Crippen LogP contribution < -0.4 is 0 Å². The van der Waals surface area contributed by atoms with E-state index in [2.05, 4.69) is 0 Å². The zero-order valence-electron chi connectivity index (χ0n) is 10.7. The van der Waals surface area contributed by atoms with Crippen molar-refractivity contribution in [2.45, 2.75) is 43.6 Å². The minimum Gasteiger partial charge on any atom is -0.381 e. The molecule has 5 heteroatoms. The topological polar surface area (TPSA) is 38.8 Å². The van der Waals surface area contributed by atoms with Crippen molar-refractivity contribution in [1.29, 1.82) is 0 Å². The summed E-state index contributed by atoms with van der Waals surface area (Å²) in [5.74, 6) is 0.0248. The molecule has 2 aliphatic heterocycles. The van der Waals surface area contributed by atoms with Gasteiger partial charge in [-0.25, -0.2) is 4.39 Å². The molecule has 0 aromatic heterocycles. The second-order valence-electron chi connectivity index (χ2n) is 5.84. The van der Waals surface area contributed by atoms with Crippen LogP contribution >= 0.6 is 0 Å². The molecule has 1 aliphatic carbocycles. The summed E-state index contributed by atoms with van der Waals surface area (Å²) >= 11 is 0. The van der Waals surface area contributed by atoms with Gasteiger partial charge in [-0.05, 0) is 19.3 Å². The number of ether oxygens (including phenoxy) is 2. The third kappa shape index (κ3) is 2.03. The summed E-state index contributed by atoms with van der Waals surface area (Å²) in [7, 11) is 1.72. The molecule has 0 radical (unpaired) electrons. The number of likely N-dealkylation sites (tertiary alicyclic amines) is 1. The van der Waals surface area contributed by atoms with E-state index in [1.807, 2.05) is 4.90 Å². The van der Waals surface area contributed by atoms with E-state index in [0.29, 0.717) is 32.5 Å². The molecule has 102 valence electrons. The molecule has 18 heavy (non-hydrogen) atoms. The Hall–Kier alpha value is -0.680. The van der Waals surface area contributed by atoms with Gasteiger partial charge in [0.25, 0.3) is 0 Å². The van der Waals surface area contributed by atoms with Gasteiger partial charge in [-0.2, -0.15) is 0 Å². The molecular weight excluding hydrogens is 237 g/mol. The van der Waals surface area contributed by atoms with E-state index in [-0.39, 0.29) is 23.5 Å². The normalized spacial score (nSPS) is 38.1. The van der Waals surface area contributed by atoms with Gasteiger partial charge in [0.2, 0.25) is 5.91 Å². The summed E-state index contributed by atoms with van der Waals surface area (Å²) in [6, 6.07) is 0. The van der Waals surface area contributed by atoms with Crippen LogP contribution in [-0.2, 0) is 14.3 Å². The van der Waals surface area contributed by atoms with Gasteiger partial charge in [0, 0.05) is 26.1 Å². The Morgan fingerprint density at radius 3 is 2.78 bits per heavy atom. The number of carbonyl (C=O) groups excluding carboxylic acids is 1. The monoisotopic (exact) mass is 257 g/mol. The maximum Gasteiger partial charge on any atom is 0.226 e. The summed E-state index contributed by atoms with van der Waals surface area (Å²) in [6.45, 7) is 2.01. The number of carbonyl (C=O) groups is 1. The Morgan fingerprint density at radius 1 is 1.44 bits per heavy atom. The van der Waals surface area contributed by atoms with Crippen molar-refractivity contribution in [3.05, 3.63) is 0 Å². The van der Waals surface area contributed by atoms with Crippen molar-refractivity contribution in [3.8, 4) is 0 Å². The van der Waals surface area contributed by atoms with Gasteiger partial charge < -0.3 is 14.4 Å². The first-order chi connectivity index (χ1) is 8.62. The lowest BCUT2D eigenvalue weighted by molar-refractivity contribution is -0.202. The highest BCUT2D eigenvalue weighted by Crippen LogP contribution is 2.39. The van der Waals surface area contributed by atoms with Crippen molar-refractivity contribution in [2.24, 2.45) is 5.92 Å². The van der Waals surface area contributed by atoms with Crippen molar-refractivity contribution in [1.82, 2.24) is 4.90 Å². The molecule has 0 aromatic rings. The van der Waals surface area contributed by atoms with Crippen molar-refractivity contribution < 1.29 is 18.7 Å². The van der Waals surface area contributed by atoms with Crippen LogP contribution in [0.1, 0.15) is 25.7 Å². The van der Waals surface area contributed by atoms with Gasteiger partial charge in [-0.15, -0.1) is 0 Å². The van der Waals surface area contributed by atoms with Crippen LogP contribution in [-0.4, -0.2) is 55.5 Å². The third-order valence-electron chi connectivity index (χ3n) is 4.48. The first kappa shape index (κ1) is 12.4. The number of hydrogen-bond donors (Lipinski definition) is 0. The van der Waals surface area contributed by atoms with Crippen molar-refractivity contribution >= 4 is 5.91 Å². The zero-order valence-corrected chi connectivity index (χ0v) is 10.7. The summed E-state index contributed by atoms with van der Waals surface area (Å²) in [4.78, 5) is 13.8. The molecule has 1 spiro atoms. The number of methoxy groups -OCH3 is 1. The molecule has 4 nitrogen and oxygen atoms in total.